The molecule has 64 valence electrons. The Morgan fingerprint density at radius 1 is 1.25 bits per heavy atom. The molecule has 12 heavy (non-hydrogen) atoms. The van der Waals surface area contributed by atoms with E-state index in [1.807, 2.05) is 16.4 Å². The summed E-state index contributed by atoms with van der Waals surface area (Å²) in [5, 5.41) is 13.5. The van der Waals surface area contributed by atoms with Crippen LogP contribution in [0.2, 0.25) is 0 Å². The zero-order valence-corrected chi connectivity index (χ0v) is 7.50. The first-order valence-corrected chi connectivity index (χ1v) is 5.26. The van der Waals surface area contributed by atoms with Crippen molar-refractivity contribution in [2.24, 2.45) is 0 Å². The molecule has 2 aliphatic rings. The van der Waals surface area contributed by atoms with Gasteiger partial charge in [-0.25, -0.2) is 4.68 Å². The molecule has 4 nitrogen and oxygen atoms in total. The Labute approximate surface area is 74.7 Å². The molecule has 2 saturated carbocycles. The van der Waals surface area contributed by atoms with Crippen LogP contribution in [0.15, 0.2) is 5.16 Å². The quantitative estimate of drug-likeness (QED) is 0.706. The molecule has 0 N–H and O–H groups in total. The zero-order valence-electron chi connectivity index (χ0n) is 6.68. The predicted octanol–water partition coefficient (Wildman–Crippen LogP) is 1.26. The number of nitrogens with zero attached hydrogens (tertiary/aromatic N) is 4. The van der Waals surface area contributed by atoms with E-state index in [0.717, 1.165) is 10.4 Å². The number of hydrogen-bond donors (Lipinski definition) is 0. The Hall–Kier alpha value is -0.580. The van der Waals surface area contributed by atoms with Crippen LogP contribution >= 0.6 is 11.8 Å². The Morgan fingerprint density at radius 2 is 2.08 bits per heavy atom. The van der Waals surface area contributed by atoms with Gasteiger partial charge < -0.3 is 0 Å². The van der Waals surface area contributed by atoms with E-state index in [0.29, 0.717) is 6.04 Å². The van der Waals surface area contributed by atoms with Gasteiger partial charge in [-0.3, -0.25) is 0 Å². The molecule has 0 bridgehead atoms. The predicted molar refractivity (Wildman–Crippen MR) is 45.0 cm³/mol. The van der Waals surface area contributed by atoms with Gasteiger partial charge in [-0.15, -0.1) is 5.10 Å². The van der Waals surface area contributed by atoms with Gasteiger partial charge in [0, 0.05) is 5.25 Å². The van der Waals surface area contributed by atoms with Crippen LogP contribution in [0.1, 0.15) is 31.7 Å². The Bertz CT molecular complexity index is 289. The van der Waals surface area contributed by atoms with E-state index in [4.69, 9.17) is 0 Å². The summed E-state index contributed by atoms with van der Waals surface area (Å²) in [5.41, 5.74) is 0. The van der Waals surface area contributed by atoms with E-state index in [-0.39, 0.29) is 0 Å². The van der Waals surface area contributed by atoms with Crippen LogP contribution in [0.5, 0.6) is 0 Å². The molecule has 0 spiro atoms. The Kier molecular flexibility index (Phi) is 1.41. The van der Waals surface area contributed by atoms with E-state index in [9.17, 15) is 0 Å². The number of tetrazole rings is 1. The van der Waals surface area contributed by atoms with E-state index in [2.05, 4.69) is 15.5 Å². The highest BCUT2D eigenvalue weighted by Gasteiger charge is 2.31. The SMILES string of the molecule is C1CC1Sc1nnnn1C1CC1. The number of rotatable bonds is 3. The largest absolute Gasteiger partial charge is 0.217 e. The lowest BCUT2D eigenvalue weighted by atomic mass is 10.7. The summed E-state index contributed by atoms with van der Waals surface area (Å²) in [4.78, 5) is 0. The molecule has 0 unspecified atom stereocenters. The summed E-state index contributed by atoms with van der Waals surface area (Å²) in [5.74, 6) is 0. The average molecular weight is 182 g/mol. The molecular weight excluding hydrogens is 172 g/mol. The van der Waals surface area contributed by atoms with Crippen LogP contribution < -0.4 is 0 Å². The second kappa shape index (κ2) is 2.45. The molecule has 5 heteroatoms. The normalized spacial score (nSPS) is 23.0. The fourth-order valence-corrected chi connectivity index (χ4v) is 2.19. The maximum absolute atomic E-state index is 4.02. The van der Waals surface area contributed by atoms with Crippen molar-refractivity contribution in [3.05, 3.63) is 0 Å². The first-order chi connectivity index (χ1) is 5.93. The molecule has 0 aliphatic heterocycles. The van der Waals surface area contributed by atoms with Crippen LogP contribution in [0.4, 0.5) is 0 Å². The van der Waals surface area contributed by atoms with Crippen LogP contribution in [0.25, 0.3) is 0 Å². The number of thioether (sulfide) groups is 1. The molecular formula is C7H10N4S. The fourth-order valence-electron chi connectivity index (χ4n) is 1.15. The van der Waals surface area contributed by atoms with Gasteiger partial charge in [-0.2, -0.15) is 0 Å². The molecule has 2 fully saturated rings. The summed E-state index contributed by atoms with van der Waals surface area (Å²) in [6.07, 6.45) is 5.18. The summed E-state index contributed by atoms with van der Waals surface area (Å²) in [6.45, 7) is 0. The van der Waals surface area contributed by atoms with Gasteiger partial charge in [0.2, 0.25) is 5.16 Å². The van der Waals surface area contributed by atoms with Crippen molar-refractivity contribution in [2.45, 2.75) is 42.1 Å². The van der Waals surface area contributed by atoms with Crippen molar-refractivity contribution in [3.63, 3.8) is 0 Å². The molecule has 1 aromatic rings. The monoisotopic (exact) mass is 182 g/mol. The van der Waals surface area contributed by atoms with Crippen molar-refractivity contribution in [1.29, 1.82) is 0 Å². The van der Waals surface area contributed by atoms with Gasteiger partial charge in [0.15, 0.2) is 0 Å². The van der Waals surface area contributed by atoms with Gasteiger partial charge in [0.1, 0.15) is 0 Å². The van der Waals surface area contributed by atoms with Gasteiger partial charge in [0.25, 0.3) is 0 Å². The van der Waals surface area contributed by atoms with Crippen molar-refractivity contribution in [1.82, 2.24) is 20.2 Å². The van der Waals surface area contributed by atoms with E-state index in [1.165, 1.54) is 25.7 Å². The lowest BCUT2D eigenvalue weighted by Gasteiger charge is -1.98. The highest BCUT2D eigenvalue weighted by molar-refractivity contribution is 8.00. The van der Waals surface area contributed by atoms with Crippen LogP contribution in [-0.4, -0.2) is 25.5 Å². The number of hydrogen-bond acceptors (Lipinski definition) is 4. The van der Waals surface area contributed by atoms with E-state index < -0.39 is 0 Å². The minimum absolute atomic E-state index is 0.612. The lowest BCUT2D eigenvalue weighted by molar-refractivity contribution is 0.565. The summed E-state index contributed by atoms with van der Waals surface area (Å²) in [6, 6.07) is 0.612. The maximum atomic E-state index is 4.02. The highest BCUT2D eigenvalue weighted by atomic mass is 32.2. The third-order valence-corrected chi connectivity index (χ3v) is 3.44. The van der Waals surface area contributed by atoms with Crippen LogP contribution in [-0.2, 0) is 0 Å². The average Bonchev–Trinajstić information content (AvgIpc) is 2.93. The molecule has 1 aromatic heterocycles. The topological polar surface area (TPSA) is 43.6 Å². The number of aromatic nitrogens is 4. The maximum Gasteiger partial charge on any atom is 0.209 e. The molecule has 0 aromatic carbocycles. The fraction of sp³-hybridized carbons (Fsp3) is 0.857. The molecule has 0 atom stereocenters. The smallest absolute Gasteiger partial charge is 0.209 e. The lowest BCUT2D eigenvalue weighted by Crippen LogP contribution is -1.98. The molecule has 1 heterocycles. The summed E-state index contributed by atoms with van der Waals surface area (Å²) in [7, 11) is 0. The summed E-state index contributed by atoms with van der Waals surface area (Å²) < 4.78 is 1.99. The second-order valence-corrected chi connectivity index (χ2v) is 4.72. The standard InChI is InChI=1S/C7H10N4S/c1-2-5(1)11-7(8-9-10-11)12-6-3-4-6/h5-6H,1-4H2. The third-order valence-electron chi connectivity index (χ3n) is 2.15. The van der Waals surface area contributed by atoms with Gasteiger partial charge in [-0.1, -0.05) is 11.8 Å². The Morgan fingerprint density at radius 3 is 2.75 bits per heavy atom. The minimum Gasteiger partial charge on any atom is -0.217 e. The van der Waals surface area contributed by atoms with Crippen molar-refractivity contribution >= 4 is 11.8 Å². The van der Waals surface area contributed by atoms with Gasteiger partial charge in [-0.05, 0) is 36.1 Å². The minimum atomic E-state index is 0.612. The highest BCUT2D eigenvalue weighted by Crippen LogP contribution is 2.41. The van der Waals surface area contributed by atoms with Crippen LogP contribution in [0.3, 0.4) is 0 Å². The second-order valence-electron chi connectivity index (χ2n) is 3.45. The van der Waals surface area contributed by atoms with Crippen molar-refractivity contribution < 1.29 is 0 Å². The van der Waals surface area contributed by atoms with E-state index in [1.54, 1.807) is 0 Å². The molecule has 3 rings (SSSR count). The molecule has 0 saturated heterocycles. The third kappa shape index (κ3) is 1.22. The zero-order chi connectivity index (χ0) is 7.97. The van der Waals surface area contributed by atoms with Crippen molar-refractivity contribution in [2.75, 3.05) is 0 Å². The van der Waals surface area contributed by atoms with E-state index >= 15 is 0 Å². The molecule has 0 amide bonds. The molecule has 0 radical (unpaired) electrons. The van der Waals surface area contributed by atoms with Crippen LogP contribution in [0, 0.1) is 0 Å². The first-order valence-electron chi connectivity index (χ1n) is 4.38. The summed E-state index contributed by atoms with van der Waals surface area (Å²) >= 11 is 1.84. The van der Waals surface area contributed by atoms with Gasteiger partial charge >= 0.3 is 0 Å². The first kappa shape index (κ1) is 6.88. The Balaban J connectivity index is 1.81. The van der Waals surface area contributed by atoms with Crippen molar-refractivity contribution in [3.8, 4) is 0 Å². The molecule has 2 aliphatic carbocycles. The van der Waals surface area contributed by atoms with Gasteiger partial charge in [0.05, 0.1) is 6.04 Å².